The van der Waals surface area contributed by atoms with Crippen molar-refractivity contribution >= 4 is 17.6 Å². The number of carbonyl (C=O) groups is 2. The van der Waals surface area contributed by atoms with Crippen molar-refractivity contribution in [3.63, 3.8) is 0 Å². The van der Waals surface area contributed by atoms with Crippen molar-refractivity contribution in [3.8, 4) is 0 Å². The molecule has 0 atom stereocenters. The first kappa shape index (κ1) is 18.0. The Bertz CT molecular complexity index is 724. The van der Waals surface area contributed by atoms with Gasteiger partial charge in [0.2, 0.25) is 5.91 Å². The number of rotatable bonds is 7. The molecule has 2 heterocycles. The number of hydrogen-bond donors (Lipinski definition) is 2. The van der Waals surface area contributed by atoms with Gasteiger partial charge in [-0.15, -0.1) is 0 Å². The van der Waals surface area contributed by atoms with E-state index in [1.54, 1.807) is 17.2 Å². The molecule has 1 aliphatic rings. The van der Waals surface area contributed by atoms with Crippen molar-refractivity contribution in [2.45, 2.75) is 26.1 Å². The van der Waals surface area contributed by atoms with Gasteiger partial charge < -0.3 is 24.7 Å². The third kappa shape index (κ3) is 5.35. The van der Waals surface area contributed by atoms with Gasteiger partial charge in [-0.3, -0.25) is 4.79 Å². The Balaban J connectivity index is 1.42. The van der Waals surface area contributed by atoms with E-state index in [9.17, 15) is 9.59 Å². The molecule has 7 nitrogen and oxygen atoms in total. The fourth-order valence-electron chi connectivity index (χ4n) is 2.81. The van der Waals surface area contributed by atoms with Gasteiger partial charge in [0.1, 0.15) is 12.4 Å². The predicted octanol–water partition coefficient (Wildman–Crippen LogP) is 2.74. The van der Waals surface area contributed by atoms with E-state index in [0.29, 0.717) is 18.9 Å². The second-order valence-electron chi connectivity index (χ2n) is 6.17. The van der Waals surface area contributed by atoms with Crippen LogP contribution < -0.4 is 10.6 Å². The summed E-state index contributed by atoms with van der Waals surface area (Å²) in [5, 5.41) is 5.34. The number of anilines is 1. The van der Waals surface area contributed by atoms with Crippen molar-refractivity contribution < 1.29 is 18.7 Å². The highest BCUT2D eigenvalue weighted by Gasteiger charge is 2.18. The summed E-state index contributed by atoms with van der Waals surface area (Å²) in [5.41, 5.74) is 1.58. The normalized spacial score (nSPS) is 13.6. The lowest BCUT2D eigenvalue weighted by Gasteiger charge is -2.15. The van der Waals surface area contributed by atoms with Crippen LogP contribution in [0.3, 0.4) is 0 Å². The number of urea groups is 1. The summed E-state index contributed by atoms with van der Waals surface area (Å²) in [6, 6.07) is 10.7. The van der Waals surface area contributed by atoms with Gasteiger partial charge in [0.25, 0.3) is 0 Å². The van der Waals surface area contributed by atoms with Crippen LogP contribution in [-0.2, 0) is 22.7 Å². The molecular formula is C19H23N3O4. The Morgan fingerprint density at radius 2 is 1.96 bits per heavy atom. The molecule has 1 aromatic heterocycles. The zero-order chi connectivity index (χ0) is 18.2. The molecule has 138 valence electrons. The van der Waals surface area contributed by atoms with E-state index in [0.717, 1.165) is 37.3 Å². The van der Waals surface area contributed by atoms with Crippen LogP contribution in [0.2, 0.25) is 0 Å². The second kappa shape index (κ2) is 9.05. The van der Waals surface area contributed by atoms with Gasteiger partial charge in [-0.2, -0.15) is 0 Å². The molecule has 0 saturated carbocycles. The summed E-state index contributed by atoms with van der Waals surface area (Å²) in [4.78, 5) is 25.7. The molecule has 0 radical (unpaired) electrons. The Kier molecular flexibility index (Phi) is 6.27. The molecular weight excluding hydrogens is 334 g/mol. The summed E-state index contributed by atoms with van der Waals surface area (Å²) >= 11 is 0. The second-order valence-corrected chi connectivity index (χ2v) is 6.17. The average Bonchev–Trinajstić information content (AvgIpc) is 3.34. The van der Waals surface area contributed by atoms with Gasteiger partial charge in [-0.1, -0.05) is 12.1 Å². The molecule has 0 spiro atoms. The number of carbonyl (C=O) groups excluding carboxylic acids is 2. The fourth-order valence-corrected chi connectivity index (χ4v) is 2.81. The topological polar surface area (TPSA) is 83.8 Å². The van der Waals surface area contributed by atoms with Crippen LogP contribution in [0, 0.1) is 0 Å². The third-order valence-electron chi connectivity index (χ3n) is 4.14. The van der Waals surface area contributed by atoms with Gasteiger partial charge in [-0.05, 0) is 42.7 Å². The molecule has 1 fully saturated rings. The Hall–Kier alpha value is -2.80. The Labute approximate surface area is 152 Å². The van der Waals surface area contributed by atoms with Gasteiger partial charge >= 0.3 is 6.03 Å². The van der Waals surface area contributed by atoms with Gasteiger partial charge in [0, 0.05) is 18.8 Å². The molecule has 3 amide bonds. The number of likely N-dealkylation sites (tertiary alicyclic amines) is 1. The van der Waals surface area contributed by atoms with Crippen LogP contribution in [0.25, 0.3) is 0 Å². The van der Waals surface area contributed by atoms with Gasteiger partial charge in [0.15, 0.2) is 0 Å². The maximum absolute atomic E-state index is 12.0. The van der Waals surface area contributed by atoms with Crippen molar-refractivity contribution in [1.82, 2.24) is 10.2 Å². The van der Waals surface area contributed by atoms with Gasteiger partial charge in [-0.25, -0.2) is 4.79 Å². The highest BCUT2D eigenvalue weighted by molar-refractivity contribution is 5.92. The van der Waals surface area contributed by atoms with E-state index < -0.39 is 6.03 Å². The van der Waals surface area contributed by atoms with E-state index >= 15 is 0 Å². The van der Waals surface area contributed by atoms with Crippen molar-refractivity contribution in [2.75, 3.05) is 25.0 Å². The molecule has 26 heavy (non-hydrogen) atoms. The van der Waals surface area contributed by atoms with Crippen molar-refractivity contribution in [2.24, 2.45) is 0 Å². The number of furan rings is 1. The van der Waals surface area contributed by atoms with E-state index in [4.69, 9.17) is 9.15 Å². The Morgan fingerprint density at radius 1 is 1.12 bits per heavy atom. The maximum Gasteiger partial charge on any atom is 0.319 e. The minimum absolute atomic E-state index is 0.0117. The zero-order valence-electron chi connectivity index (χ0n) is 14.6. The van der Waals surface area contributed by atoms with E-state index in [1.807, 2.05) is 30.3 Å². The highest BCUT2D eigenvalue weighted by atomic mass is 16.5. The Morgan fingerprint density at radius 3 is 2.73 bits per heavy atom. The molecule has 2 aromatic rings. The number of benzene rings is 1. The predicted molar refractivity (Wildman–Crippen MR) is 96.5 cm³/mol. The van der Waals surface area contributed by atoms with Crippen molar-refractivity contribution in [3.05, 3.63) is 54.0 Å². The van der Waals surface area contributed by atoms with Crippen LogP contribution in [0.15, 0.2) is 47.1 Å². The van der Waals surface area contributed by atoms with Crippen LogP contribution >= 0.6 is 0 Å². The molecule has 1 saturated heterocycles. The summed E-state index contributed by atoms with van der Waals surface area (Å²) in [5.74, 6) is 0.721. The van der Waals surface area contributed by atoms with Gasteiger partial charge in [0.05, 0.1) is 19.4 Å². The molecule has 1 aliphatic heterocycles. The van der Waals surface area contributed by atoms with Crippen molar-refractivity contribution in [1.29, 1.82) is 0 Å². The zero-order valence-corrected chi connectivity index (χ0v) is 14.6. The molecule has 0 unspecified atom stereocenters. The minimum atomic E-state index is -0.397. The molecule has 3 rings (SSSR count). The molecule has 0 bridgehead atoms. The summed E-state index contributed by atoms with van der Waals surface area (Å²) in [7, 11) is 0. The van der Waals surface area contributed by atoms with Crippen LogP contribution in [-0.4, -0.2) is 36.5 Å². The number of ether oxygens (including phenoxy) is 1. The SMILES string of the molecule is O=C(NCC(=O)N1CCCC1)Nc1cccc(COCc2ccco2)c1. The fraction of sp³-hybridized carbons (Fsp3) is 0.368. The summed E-state index contributed by atoms with van der Waals surface area (Å²) in [6.45, 7) is 2.37. The number of hydrogen-bond acceptors (Lipinski definition) is 4. The van der Waals surface area contributed by atoms with Crippen LogP contribution in [0.1, 0.15) is 24.2 Å². The van der Waals surface area contributed by atoms with E-state index in [2.05, 4.69) is 10.6 Å². The number of nitrogens with one attached hydrogen (secondary N) is 2. The summed E-state index contributed by atoms with van der Waals surface area (Å²) < 4.78 is 10.8. The average molecular weight is 357 g/mol. The molecule has 0 aliphatic carbocycles. The smallest absolute Gasteiger partial charge is 0.319 e. The maximum atomic E-state index is 12.0. The monoisotopic (exact) mass is 357 g/mol. The quantitative estimate of drug-likeness (QED) is 0.798. The molecule has 2 N–H and O–H groups in total. The van der Waals surface area contributed by atoms with Crippen LogP contribution in [0.4, 0.5) is 10.5 Å². The number of amides is 3. The first-order chi connectivity index (χ1) is 12.7. The first-order valence-electron chi connectivity index (χ1n) is 8.72. The standard InChI is InChI=1S/C19H23N3O4/c23-18(22-8-1-2-9-22)12-20-19(24)21-16-6-3-5-15(11-16)13-25-14-17-7-4-10-26-17/h3-7,10-11H,1-2,8-9,12-14H2,(H2,20,21,24). The third-order valence-corrected chi connectivity index (χ3v) is 4.14. The minimum Gasteiger partial charge on any atom is -0.467 e. The molecule has 1 aromatic carbocycles. The lowest BCUT2D eigenvalue weighted by atomic mass is 10.2. The lowest BCUT2D eigenvalue weighted by Crippen LogP contribution is -2.40. The largest absolute Gasteiger partial charge is 0.467 e. The number of nitrogens with zero attached hydrogens (tertiary/aromatic N) is 1. The first-order valence-corrected chi connectivity index (χ1v) is 8.72. The van der Waals surface area contributed by atoms with Crippen LogP contribution in [0.5, 0.6) is 0 Å². The summed E-state index contributed by atoms with van der Waals surface area (Å²) in [6.07, 6.45) is 3.68. The van der Waals surface area contributed by atoms with E-state index in [-0.39, 0.29) is 12.5 Å². The lowest BCUT2D eigenvalue weighted by molar-refractivity contribution is -0.128. The molecule has 7 heteroatoms. The van der Waals surface area contributed by atoms with E-state index in [1.165, 1.54) is 0 Å². The highest BCUT2D eigenvalue weighted by Crippen LogP contribution is 2.13.